The SMILES string of the molecule is CCCCCC[C@@H](CC)CC(C)=O. The van der Waals surface area contributed by atoms with Gasteiger partial charge in [0.05, 0.1) is 0 Å². The van der Waals surface area contributed by atoms with Crippen LogP contribution in [-0.2, 0) is 4.79 Å². The van der Waals surface area contributed by atoms with Crippen LogP contribution in [0.15, 0.2) is 0 Å². The quantitative estimate of drug-likeness (QED) is 0.522. The maximum atomic E-state index is 10.9. The summed E-state index contributed by atoms with van der Waals surface area (Å²) < 4.78 is 0. The van der Waals surface area contributed by atoms with Gasteiger partial charge in [-0.25, -0.2) is 0 Å². The molecule has 0 aromatic carbocycles. The van der Waals surface area contributed by atoms with Crippen molar-refractivity contribution in [2.24, 2.45) is 5.92 Å². The van der Waals surface area contributed by atoms with E-state index < -0.39 is 0 Å². The highest BCUT2D eigenvalue weighted by molar-refractivity contribution is 5.75. The van der Waals surface area contributed by atoms with Crippen LogP contribution < -0.4 is 0 Å². The lowest BCUT2D eigenvalue weighted by Crippen LogP contribution is -2.04. The smallest absolute Gasteiger partial charge is 0.130 e. The molecule has 78 valence electrons. The summed E-state index contributed by atoms with van der Waals surface area (Å²) in [5.41, 5.74) is 0. The first-order chi connectivity index (χ1) is 6.20. The fourth-order valence-electron chi connectivity index (χ4n) is 1.72. The number of hydrogen-bond donors (Lipinski definition) is 0. The van der Waals surface area contributed by atoms with Crippen LogP contribution >= 0.6 is 0 Å². The molecule has 0 aromatic rings. The van der Waals surface area contributed by atoms with Gasteiger partial charge in [-0.15, -0.1) is 0 Å². The maximum absolute atomic E-state index is 10.9. The average molecular weight is 184 g/mol. The molecule has 0 bridgehead atoms. The molecule has 13 heavy (non-hydrogen) atoms. The Bertz CT molecular complexity index is 129. The average Bonchev–Trinajstić information content (AvgIpc) is 2.09. The molecule has 1 nitrogen and oxygen atoms in total. The van der Waals surface area contributed by atoms with Crippen LogP contribution in [-0.4, -0.2) is 5.78 Å². The molecule has 1 atom stereocenters. The van der Waals surface area contributed by atoms with Crippen LogP contribution in [0.4, 0.5) is 0 Å². The van der Waals surface area contributed by atoms with Gasteiger partial charge in [0.1, 0.15) is 5.78 Å². The Balaban J connectivity index is 3.42. The van der Waals surface area contributed by atoms with Crippen LogP contribution in [0.25, 0.3) is 0 Å². The zero-order valence-corrected chi connectivity index (χ0v) is 9.44. The standard InChI is InChI=1S/C12H24O/c1-4-6-7-8-9-12(5-2)10-11(3)13/h12H,4-10H2,1-3H3/t12-/m1/s1. The minimum atomic E-state index is 0.349. The van der Waals surface area contributed by atoms with Crippen molar-refractivity contribution in [2.75, 3.05) is 0 Å². The summed E-state index contributed by atoms with van der Waals surface area (Å²) in [5, 5.41) is 0. The molecule has 1 heteroatoms. The fourth-order valence-corrected chi connectivity index (χ4v) is 1.72. The van der Waals surface area contributed by atoms with Crippen LogP contribution in [0.5, 0.6) is 0 Å². The lowest BCUT2D eigenvalue weighted by Gasteiger charge is -2.12. The van der Waals surface area contributed by atoms with Gasteiger partial charge in [-0.05, 0) is 12.8 Å². The second-order valence-corrected chi connectivity index (χ2v) is 4.03. The van der Waals surface area contributed by atoms with Crippen molar-refractivity contribution >= 4 is 5.78 Å². The molecular formula is C12H24O. The Morgan fingerprint density at radius 2 is 1.85 bits per heavy atom. The summed E-state index contributed by atoms with van der Waals surface area (Å²) >= 11 is 0. The highest BCUT2D eigenvalue weighted by Gasteiger charge is 2.07. The molecule has 0 heterocycles. The highest BCUT2D eigenvalue weighted by atomic mass is 16.1. The first-order valence-corrected chi connectivity index (χ1v) is 5.70. The topological polar surface area (TPSA) is 17.1 Å². The largest absolute Gasteiger partial charge is 0.300 e. The second kappa shape index (κ2) is 8.28. The molecule has 0 aliphatic carbocycles. The van der Waals surface area contributed by atoms with Crippen molar-refractivity contribution < 1.29 is 4.79 Å². The summed E-state index contributed by atoms with van der Waals surface area (Å²) in [6.07, 6.45) is 8.48. The van der Waals surface area contributed by atoms with Crippen molar-refractivity contribution in [1.29, 1.82) is 0 Å². The molecule has 0 rings (SSSR count). The van der Waals surface area contributed by atoms with Crippen LogP contribution in [0, 0.1) is 5.92 Å². The first kappa shape index (κ1) is 12.7. The monoisotopic (exact) mass is 184 g/mol. The summed E-state index contributed by atoms with van der Waals surface area (Å²) in [6, 6.07) is 0. The predicted molar refractivity (Wildman–Crippen MR) is 57.8 cm³/mol. The van der Waals surface area contributed by atoms with Gasteiger partial charge in [0, 0.05) is 6.42 Å². The molecule has 0 aliphatic heterocycles. The van der Waals surface area contributed by atoms with E-state index in [1.165, 1.54) is 32.1 Å². The minimum absolute atomic E-state index is 0.349. The summed E-state index contributed by atoms with van der Waals surface area (Å²) in [6.45, 7) is 6.12. The van der Waals surface area contributed by atoms with Crippen LogP contribution in [0.1, 0.15) is 65.7 Å². The normalized spacial score (nSPS) is 12.8. The van der Waals surface area contributed by atoms with Gasteiger partial charge in [0.25, 0.3) is 0 Å². The minimum Gasteiger partial charge on any atom is -0.300 e. The number of Topliss-reactive ketones (excluding diaryl/α,β-unsaturated/α-hetero) is 1. The predicted octanol–water partition coefficient (Wildman–Crippen LogP) is 3.96. The molecule has 0 aromatic heterocycles. The summed E-state index contributed by atoms with van der Waals surface area (Å²) in [5.74, 6) is 0.997. The van der Waals surface area contributed by atoms with E-state index in [4.69, 9.17) is 0 Å². The zero-order chi connectivity index (χ0) is 10.1. The molecule has 0 spiro atoms. The maximum Gasteiger partial charge on any atom is 0.130 e. The van der Waals surface area contributed by atoms with Crippen molar-refractivity contribution in [3.05, 3.63) is 0 Å². The number of rotatable bonds is 8. The van der Waals surface area contributed by atoms with E-state index in [1.54, 1.807) is 6.92 Å². The lowest BCUT2D eigenvalue weighted by molar-refractivity contribution is -0.117. The Hall–Kier alpha value is -0.330. The third-order valence-electron chi connectivity index (χ3n) is 2.62. The number of ketones is 1. The Labute approximate surface area is 82.9 Å². The molecule has 0 saturated carbocycles. The van der Waals surface area contributed by atoms with Gasteiger partial charge in [0.2, 0.25) is 0 Å². The van der Waals surface area contributed by atoms with Gasteiger partial charge in [0.15, 0.2) is 0 Å². The van der Waals surface area contributed by atoms with Crippen LogP contribution in [0.2, 0.25) is 0 Å². The first-order valence-electron chi connectivity index (χ1n) is 5.70. The number of carbonyl (C=O) groups excluding carboxylic acids is 1. The highest BCUT2D eigenvalue weighted by Crippen LogP contribution is 2.17. The van der Waals surface area contributed by atoms with Gasteiger partial charge >= 0.3 is 0 Å². The van der Waals surface area contributed by atoms with Crippen molar-refractivity contribution in [2.45, 2.75) is 65.7 Å². The Morgan fingerprint density at radius 3 is 2.31 bits per heavy atom. The van der Waals surface area contributed by atoms with E-state index in [2.05, 4.69) is 13.8 Å². The van der Waals surface area contributed by atoms with Gasteiger partial charge in [-0.3, -0.25) is 0 Å². The summed E-state index contributed by atoms with van der Waals surface area (Å²) in [7, 11) is 0. The third kappa shape index (κ3) is 8.01. The third-order valence-corrected chi connectivity index (χ3v) is 2.62. The van der Waals surface area contributed by atoms with E-state index in [0.717, 1.165) is 12.8 Å². The van der Waals surface area contributed by atoms with Crippen molar-refractivity contribution in [3.8, 4) is 0 Å². The second-order valence-electron chi connectivity index (χ2n) is 4.03. The zero-order valence-electron chi connectivity index (χ0n) is 9.44. The molecule has 0 unspecified atom stereocenters. The lowest BCUT2D eigenvalue weighted by atomic mass is 9.93. The molecule has 0 saturated heterocycles. The van der Waals surface area contributed by atoms with E-state index in [9.17, 15) is 4.79 Å². The summed E-state index contributed by atoms with van der Waals surface area (Å²) in [4.78, 5) is 10.9. The Morgan fingerprint density at radius 1 is 1.15 bits per heavy atom. The van der Waals surface area contributed by atoms with Gasteiger partial charge < -0.3 is 4.79 Å². The van der Waals surface area contributed by atoms with Crippen molar-refractivity contribution in [1.82, 2.24) is 0 Å². The van der Waals surface area contributed by atoms with Gasteiger partial charge in [-0.1, -0.05) is 52.4 Å². The van der Waals surface area contributed by atoms with Gasteiger partial charge in [-0.2, -0.15) is 0 Å². The number of carbonyl (C=O) groups is 1. The van der Waals surface area contributed by atoms with Crippen molar-refractivity contribution in [3.63, 3.8) is 0 Å². The van der Waals surface area contributed by atoms with E-state index in [-0.39, 0.29) is 0 Å². The van der Waals surface area contributed by atoms with E-state index in [0.29, 0.717) is 11.7 Å². The Kier molecular flexibility index (Phi) is 8.07. The molecule has 0 fully saturated rings. The molecule has 0 radical (unpaired) electrons. The molecule has 0 aliphatic rings. The van der Waals surface area contributed by atoms with E-state index >= 15 is 0 Å². The van der Waals surface area contributed by atoms with E-state index in [1.807, 2.05) is 0 Å². The molecular weight excluding hydrogens is 160 g/mol. The number of unbranched alkanes of at least 4 members (excludes halogenated alkanes) is 3. The van der Waals surface area contributed by atoms with Crippen LogP contribution in [0.3, 0.4) is 0 Å². The fraction of sp³-hybridized carbons (Fsp3) is 0.917. The molecule has 0 amide bonds. The molecule has 0 N–H and O–H groups in total. The number of hydrogen-bond acceptors (Lipinski definition) is 1.